The van der Waals surface area contributed by atoms with Crippen molar-refractivity contribution in [2.45, 2.75) is 39.8 Å². The second kappa shape index (κ2) is 11.9. The fourth-order valence-corrected chi connectivity index (χ4v) is 3.27. The molecule has 0 aliphatic rings. The van der Waals surface area contributed by atoms with Gasteiger partial charge in [-0.3, -0.25) is 14.6 Å². The lowest BCUT2D eigenvalue weighted by Crippen LogP contribution is -2.49. The summed E-state index contributed by atoms with van der Waals surface area (Å²) in [4.78, 5) is 30.0. The Balaban J connectivity index is 1.61. The smallest absolute Gasteiger partial charge is 0.252 e. The van der Waals surface area contributed by atoms with Gasteiger partial charge in [0, 0.05) is 30.4 Å². The van der Waals surface area contributed by atoms with E-state index in [0.717, 1.165) is 22.4 Å². The first kappa shape index (κ1) is 24.1. The SMILES string of the molecule is Cc1ccc(COC[C@@H](NC(=O)c2ccc(C)c(C)c2)C(=O)NCCc2ccccn2)cc1. The minimum Gasteiger partial charge on any atom is -0.374 e. The Bertz CT molecular complexity index is 1070. The van der Waals surface area contributed by atoms with E-state index in [-0.39, 0.29) is 18.4 Å². The number of amides is 2. The van der Waals surface area contributed by atoms with Crippen molar-refractivity contribution in [1.82, 2.24) is 15.6 Å². The highest BCUT2D eigenvalue weighted by Crippen LogP contribution is 2.10. The van der Waals surface area contributed by atoms with E-state index in [0.29, 0.717) is 25.1 Å². The van der Waals surface area contributed by atoms with Gasteiger partial charge in [-0.1, -0.05) is 42.0 Å². The molecular weight excluding hydrogens is 414 g/mol. The molecule has 0 fully saturated rings. The van der Waals surface area contributed by atoms with Gasteiger partial charge in [-0.05, 0) is 61.7 Å². The highest BCUT2D eigenvalue weighted by molar-refractivity contribution is 5.97. The van der Waals surface area contributed by atoms with Crippen LogP contribution in [-0.4, -0.2) is 36.0 Å². The fourth-order valence-electron chi connectivity index (χ4n) is 3.27. The number of carbonyl (C=O) groups is 2. The van der Waals surface area contributed by atoms with Crippen LogP contribution < -0.4 is 10.6 Å². The van der Waals surface area contributed by atoms with Crippen LogP contribution in [0.25, 0.3) is 0 Å². The molecule has 0 spiro atoms. The van der Waals surface area contributed by atoms with E-state index in [9.17, 15) is 9.59 Å². The van der Waals surface area contributed by atoms with Crippen LogP contribution in [0.2, 0.25) is 0 Å². The average Bonchev–Trinajstić information content (AvgIpc) is 2.82. The molecule has 0 unspecified atom stereocenters. The zero-order chi connectivity index (χ0) is 23.6. The zero-order valence-electron chi connectivity index (χ0n) is 19.4. The van der Waals surface area contributed by atoms with Gasteiger partial charge in [0.1, 0.15) is 6.04 Å². The van der Waals surface area contributed by atoms with Gasteiger partial charge in [-0.2, -0.15) is 0 Å². The molecule has 3 aromatic rings. The first-order valence-electron chi connectivity index (χ1n) is 11.1. The second-order valence-corrected chi connectivity index (χ2v) is 8.19. The number of hydrogen-bond donors (Lipinski definition) is 2. The summed E-state index contributed by atoms with van der Waals surface area (Å²) < 4.78 is 5.80. The largest absolute Gasteiger partial charge is 0.374 e. The number of rotatable bonds is 10. The van der Waals surface area contributed by atoms with E-state index in [1.54, 1.807) is 12.3 Å². The number of pyridine rings is 1. The first-order valence-corrected chi connectivity index (χ1v) is 11.1. The van der Waals surface area contributed by atoms with E-state index in [1.807, 2.05) is 75.4 Å². The van der Waals surface area contributed by atoms with Gasteiger partial charge < -0.3 is 15.4 Å². The molecule has 0 saturated carbocycles. The van der Waals surface area contributed by atoms with Crippen LogP contribution in [0.1, 0.15) is 38.3 Å². The standard InChI is InChI=1S/C27H31N3O3/c1-19-7-10-22(11-8-19)17-33-18-25(27(32)29-15-13-24-6-4-5-14-28-24)30-26(31)23-12-9-20(2)21(3)16-23/h4-12,14,16,25H,13,15,17-18H2,1-3H3,(H,29,32)(H,30,31)/t25-/m1/s1. The number of nitrogens with one attached hydrogen (secondary N) is 2. The molecule has 2 amide bonds. The molecule has 1 atom stereocenters. The molecule has 0 aliphatic carbocycles. The van der Waals surface area contributed by atoms with Gasteiger partial charge in [-0.15, -0.1) is 0 Å². The Labute approximate surface area is 195 Å². The van der Waals surface area contributed by atoms with Crippen molar-refractivity contribution in [2.75, 3.05) is 13.2 Å². The molecule has 1 aromatic heterocycles. The summed E-state index contributed by atoms with van der Waals surface area (Å²) in [5.74, 6) is -0.589. The van der Waals surface area contributed by atoms with Crippen LogP contribution in [0, 0.1) is 20.8 Å². The van der Waals surface area contributed by atoms with Crippen LogP contribution in [-0.2, 0) is 22.6 Å². The summed E-state index contributed by atoms with van der Waals surface area (Å²) in [6, 6.07) is 18.4. The lowest BCUT2D eigenvalue weighted by atomic mass is 10.1. The van der Waals surface area contributed by atoms with Crippen molar-refractivity contribution in [1.29, 1.82) is 0 Å². The number of nitrogens with zero attached hydrogens (tertiary/aromatic N) is 1. The summed E-state index contributed by atoms with van der Waals surface area (Å²) in [7, 11) is 0. The Morgan fingerprint density at radius 1 is 0.970 bits per heavy atom. The molecule has 6 heteroatoms. The monoisotopic (exact) mass is 445 g/mol. The van der Waals surface area contributed by atoms with Gasteiger partial charge in [0.25, 0.3) is 5.91 Å². The summed E-state index contributed by atoms with van der Waals surface area (Å²) in [6.45, 7) is 6.83. The second-order valence-electron chi connectivity index (χ2n) is 8.19. The van der Waals surface area contributed by atoms with Crippen molar-refractivity contribution in [3.05, 3.63) is 100 Å². The van der Waals surface area contributed by atoms with E-state index >= 15 is 0 Å². The number of aromatic nitrogens is 1. The Morgan fingerprint density at radius 3 is 2.45 bits per heavy atom. The number of aryl methyl sites for hydroxylation is 3. The third-order valence-electron chi connectivity index (χ3n) is 5.47. The van der Waals surface area contributed by atoms with Crippen LogP contribution in [0.3, 0.4) is 0 Å². The van der Waals surface area contributed by atoms with Crippen LogP contribution in [0.4, 0.5) is 0 Å². The molecule has 172 valence electrons. The van der Waals surface area contributed by atoms with Crippen LogP contribution >= 0.6 is 0 Å². The highest BCUT2D eigenvalue weighted by Gasteiger charge is 2.22. The predicted molar refractivity (Wildman–Crippen MR) is 129 cm³/mol. The molecular formula is C27H31N3O3. The average molecular weight is 446 g/mol. The predicted octanol–water partition coefficient (Wildman–Crippen LogP) is 3.68. The Hall–Kier alpha value is -3.51. The third kappa shape index (κ3) is 7.54. The Kier molecular flexibility index (Phi) is 8.72. The number of carbonyl (C=O) groups excluding carboxylic acids is 2. The van der Waals surface area contributed by atoms with Gasteiger partial charge in [-0.25, -0.2) is 0 Å². The summed E-state index contributed by atoms with van der Waals surface area (Å²) in [5.41, 5.74) is 5.72. The van der Waals surface area contributed by atoms with Crippen LogP contribution in [0.5, 0.6) is 0 Å². The normalized spacial score (nSPS) is 11.6. The van der Waals surface area contributed by atoms with E-state index in [2.05, 4.69) is 15.6 Å². The fraction of sp³-hybridized carbons (Fsp3) is 0.296. The maximum absolute atomic E-state index is 12.9. The molecule has 0 radical (unpaired) electrons. The third-order valence-corrected chi connectivity index (χ3v) is 5.47. The number of ether oxygens (including phenoxy) is 1. The maximum Gasteiger partial charge on any atom is 0.252 e. The highest BCUT2D eigenvalue weighted by atomic mass is 16.5. The van der Waals surface area contributed by atoms with Crippen molar-refractivity contribution >= 4 is 11.8 Å². The molecule has 2 N–H and O–H groups in total. The molecule has 0 saturated heterocycles. The summed E-state index contributed by atoms with van der Waals surface area (Å²) in [5, 5.41) is 5.72. The quantitative estimate of drug-likeness (QED) is 0.499. The van der Waals surface area contributed by atoms with E-state index in [1.165, 1.54) is 5.56 Å². The molecule has 33 heavy (non-hydrogen) atoms. The lowest BCUT2D eigenvalue weighted by molar-refractivity contribution is -0.124. The molecule has 3 rings (SSSR count). The molecule has 2 aromatic carbocycles. The summed E-state index contributed by atoms with van der Waals surface area (Å²) in [6.07, 6.45) is 2.33. The van der Waals surface area contributed by atoms with Gasteiger partial charge in [0.2, 0.25) is 5.91 Å². The van der Waals surface area contributed by atoms with Crippen molar-refractivity contribution in [3.8, 4) is 0 Å². The molecule has 0 bridgehead atoms. The van der Waals surface area contributed by atoms with E-state index < -0.39 is 6.04 Å². The van der Waals surface area contributed by atoms with Gasteiger partial charge in [0.05, 0.1) is 13.2 Å². The van der Waals surface area contributed by atoms with Gasteiger partial charge in [0.15, 0.2) is 0 Å². The van der Waals surface area contributed by atoms with E-state index in [4.69, 9.17) is 4.74 Å². The van der Waals surface area contributed by atoms with Crippen molar-refractivity contribution in [2.24, 2.45) is 0 Å². The minimum absolute atomic E-state index is 0.0693. The maximum atomic E-state index is 12.9. The lowest BCUT2D eigenvalue weighted by Gasteiger charge is -2.19. The van der Waals surface area contributed by atoms with Crippen molar-refractivity contribution in [3.63, 3.8) is 0 Å². The molecule has 1 heterocycles. The Morgan fingerprint density at radius 2 is 1.76 bits per heavy atom. The topological polar surface area (TPSA) is 80.3 Å². The number of hydrogen-bond acceptors (Lipinski definition) is 4. The number of benzene rings is 2. The van der Waals surface area contributed by atoms with Gasteiger partial charge >= 0.3 is 0 Å². The van der Waals surface area contributed by atoms with Crippen LogP contribution in [0.15, 0.2) is 66.9 Å². The minimum atomic E-state index is -0.812. The molecule has 6 nitrogen and oxygen atoms in total. The summed E-state index contributed by atoms with van der Waals surface area (Å²) >= 11 is 0. The van der Waals surface area contributed by atoms with Crippen molar-refractivity contribution < 1.29 is 14.3 Å². The molecule has 0 aliphatic heterocycles. The zero-order valence-corrected chi connectivity index (χ0v) is 19.4. The first-order chi connectivity index (χ1) is 15.9.